The molecule has 35 heavy (non-hydrogen) atoms. The highest BCUT2D eigenvalue weighted by Gasteiger charge is 2.47. The Balaban J connectivity index is 1.72. The number of ether oxygens (including phenoxy) is 1. The van der Waals surface area contributed by atoms with Gasteiger partial charge in [-0.25, -0.2) is 0 Å². The Morgan fingerprint density at radius 2 is 1.74 bits per heavy atom. The maximum absolute atomic E-state index is 13.4. The first kappa shape index (κ1) is 22.5. The van der Waals surface area contributed by atoms with Crippen molar-refractivity contribution in [2.75, 3.05) is 7.11 Å². The van der Waals surface area contributed by atoms with Gasteiger partial charge in [0, 0.05) is 33.8 Å². The van der Waals surface area contributed by atoms with Crippen molar-refractivity contribution >= 4 is 28.4 Å². The number of carbonyl (C=O) groups excluding carboxylic acids is 2. The topological polar surface area (TPSA) is 82.6 Å². The van der Waals surface area contributed by atoms with Gasteiger partial charge >= 0.3 is 0 Å². The third kappa shape index (κ3) is 3.77. The summed E-state index contributed by atoms with van der Waals surface area (Å²) in [5.41, 5.74) is 5.06. The molecule has 0 spiro atoms. The van der Waals surface area contributed by atoms with E-state index in [0.717, 1.165) is 33.2 Å². The van der Waals surface area contributed by atoms with Crippen LogP contribution in [-0.4, -0.2) is 33.8 Å². The number of hydrogen-bond donors (Lipinski definition) is 2. The highest BCUT2D eigenvalue weighted by molar-refractivity contribution is 6.46. The number of benzene rings is 3. The molecule has 0 radical (unpaired) electrons. The zero-order valence-electron chi connectivity index (χ0n) is 19.8. The van der Waals surface area contributed by atoms with E-state index in [1.165, 1.54) is 4.90 Å². The van der Waals surface area contributed by atoms with Gasteiger partial charge in [-0.15, -0.1) is 0 Å². The Kier molecular flexibility index (Phi) is 5.65. The maximum Gasteiger partial charge on any atom is 0.295 e. The molecule has 4 aromatic rings. The zero-order chi connectivity index (χ0) is 24.7. The first-order chi connectivity index (χ1) is 16.9. The fraction of sp³-hybridized carbons (Fsp3) is 0.172. The van der Waals surface area contributed by atoms with Gasteiger partial charge in [-0.3, -0.25) is 9.59 Å². The van der Waals surface area contributed by atoms with E-state index in [1.807, 2.05) is 80.7 Å². The number of carbonyl (C=O) groups is 2. The van der Waals surface area contributed by atoms with E-state index in [4.69, 9.17) is 4.74 Å². The van der Waals surface area contributed by atoms with Crippen LogP contribution in [-0.2, 0) is 16.1 Å². The second-order valence-corrected chi connectivity index (χ2v) is 8.83. The molecule has 1 unspecified atom stereocenters. The molecule has 3 aromatic carbocycles. The van der Waals surface area contributed by atoms with Crippen LogP contribution in [0.2, 0.25) is 0 Å². The molecular weight excluding hydrogens is 440 g/mol. The van der Waals surface area contributed by atoms with Crippen molar-refractivity contribution in [2.45, 2.75) is 26.4 Å². The number of hydrogen-bond acceptors (Lipinski definition) is 4. The second-order valence-electron chi connectivity index (χ2n) is 8.83. The normalized spacial score (nSPS) is 17.3. The largest absolute Gasteiger partial charge is 0.507 e. The number of rotatable bonds is 5. The molecular formula is C29H26N2O4. The third-order valence-corrected chi connectivity index (χ3v) is 6.77. The summed E-state index contributed by atoms with van der Waals surface area (Å²) >= 11 is 0. The molecule has 1 atom stereocenters. The molecule has 6 heteroatoms. The van der Waals surface area contributed by atoms with Crippen LogP contribution < -0.4 is 4.74 Å². The number of ketones is 1. The number of Topliss-reactive ketones (excluding diaryl/α,β-unsaturated/α-hetero) is 1. The van der Waals surface area contributed by atoms with E-state index in [0.29, 0.717) is 11.3 Å². The number of aliphatic hydroxyl groups excluding tert-OH is 1. The molecule has 1 fully saturated rings. The molecule has 1 aliphatic heterocycles. The number of aryl methyl sites for hydroxylation is 2. The van der Waals surface area contributed by atoms with Gasteiger partial charge in [0.25, 0.3) is 11.7 Å². The number of aromatic amines is 1. The Morgan fingerprint density at radius 3 is 2.51 bits per heavy atom. The molecule has 5 rings (SSSR count). The molecule has 176 valence electrons. The van der Waals surface area contributed by atoms with Crippen LogP contribution in [0.1, 0.15) is 33.9 Å². The number of aliphatic hydroxyl groups is 1. The zero-order valence-corrected chi connectivity index (χ0v) is 19.8. The smallest absolute Gasteiger partial charge is 0.295 e. The number of methoxy groups -OCH3 is 1. The fourth-order valence-electron chi connectivity index (χ4n) is 4.75. The molecule has 1 saturated heterocycles. The van der Waals surface area contributed by atoms with E-state index in [-0.39, 0.29) is 17.9 Å². The minimum Gasteiger partial charge on any atom is -0.507 e. The fourth-order valence-corrected chi connectivity index (χ4v) is 4.75. The summed E-state index contributed by atoms with van der Waals surface area (Å²) in [5, 5.41) is 12.3. The van der Waals surface area contributed by atoms with Crippen molar-refractivity contribution in [3.05, 3.63) is 106 Å². The minimum atomic E-state index is -0.766. The van der Waals surface area contributed by atoms with Crippen LogP contribution in [0.4, 0.5) is 0 Å². The minimum absolute atomic E-state index is 0.0814. The molecule has 0 bridgehead atoms. The SMILES string of the molecule is COc1ccccc1CN1C(=O)C(=O)/C(=C(/O)c2ccc(C)c(C)c2)C1c1c[nH]c2ccccc12. The highest BCUT2D eigenvalue weighted by atomic mass is 16.5. The lowest BCUT2D eigenvalue weighted by Gasteiger charge is -2.25. The number of nitrogens with one attached hydrogen (secondary N) is 1. The monoisotopic (exact) mass is 466 g/mol. The van der Waals surface area contributed by atoms with Gasteiger partial charge < -0.3 is 19.7 Å². The van der Waals surface area contributed by atoms with Crippen molar-refractivity contribution < 1.29 is 19.4 Å². The van der Waals surface area contributed by atoms with E-state index in [9.17, 15) is 14.7 Å². The molecule has 0 aliphatic carbocycles. The van der Waals surface area contributed by atoms with E-state index in [2.05, 4.69) is 4.98 Å². The Morgan fingerprint density at radius 1 is 1.00 bits per heavy atom. The first-order valence-corrected chi connectivity index (χ1v) is 11.4. The predicted molar refractivity (Wildman–Crippen MR) is 135 cm³/mol. The van der Waals surface area contributed by atoms with E-state index >= 15 is 0 Å². The summed E-state index contributed by atoms with van der Waals surface area (Å²) in [6, 6.07) is 19.9. The number of fused-ring (bicyclic) bond motifs is 1. The molecule has 6 nitrogen and oxygen atoms in total. The molecule has 1 aromatic heterocycles. The molecule has 1 aliphatic rings. The van der Waals surface area contributed by atoms with Gasteiger partial charge in [0.2, 0.25) is 0 Å². The maximum atomic E-state index is 13.4. The van der Waals surface area contributed by atoms with Gasteiger partial charge in [0.15, 0.2) is 0 Å². The quantitative estimate of drug-likeness (QED) is 0.234. The van der Waals surface area contributed by atoms with Crippen molar-refractivity contribution in [1.82, 2.24) is 9.88 Å². The van der Waals surface area contributed by atoms with Gasteiger partial charge in [-0.1, -0.05) is 48.5 Å². The first-order valence-electron chi connectivity index (χ1n) is 11.4. The summed E-state index contributed by atoms with van der Waals surface area (Å²) in [4.78, 5) is 31.6. The number of likely N-dealkylation sites (tertiary alicyclic amines) is 1. The standard InChI is InChI=1S/C29H26N2O4/c1-17-12-13-19(14-18(17)2)27(32)25-26(22-15-30-23-10-6-5-9-21(22)23)31(29(34)28(25)33)16-20-8-4-7-11-24(20)35-3/h4-15,26,30,32H,16H2,1-3H3/b27-25+. The molecule has 2 heterocycles. The van der Waals surface area contributed by atoms with Crippen LogP contribution in [0.25, 0.3) is 16.7 Å². The summed E-state index contributed by atoms with van der Waals surface area (Å²) in [6.07, 6.45) is 1.81. The molecule has 2 N–H and O–H groups in total. The number of para-hydroxylation sites is 2. The third-order valence-electron chi connectivity index (χ3n) is 6.77. The van der Waals surface area contributed by atoms with Gasteiger partial charge in [-0.2, -0.15) is 0 Å². The summed E-state index contributed by atoms with van der Waals surface area (Å²) in [5.74, 6) is -0.909. The van der Waals surface area contributed by atoms with Crippen LogP contribution in [0, 0.1) is 13.8 Å². The lowest BCUT2D eigenvalue weighted by Crippen LogP contribution is -2.29. The Labute approximate surface area is 203 Å². The van der Waals surface area contributed by atoms with Crippen LogP contribution in [0.15, 0.2) is 78.5 Å². The number of nitrogens with zero attached hydrogens (tertiary/aromatic N) is 1. The van der Waals surface area contributed by atoms with E-state index in [1.54, 1.807) is 13.2 Å². The average molecular weight is 467 g/mol. The Bertz CT molecular complexity index is 1500. The number of amides is 1. The highest BCUT2D eigenvalue weighted by Crippen LogP contribution is 2.43. The van der Waals surface area contributed by atoms with Crippen LogP contribution in [0.5, 0.6) is 5.75 Å². The van der Waals surface area contributed by atoms with Crippen molar-refractivity contribution in [1.29, 1.82) is 0 Å². The molecule has 1 amide bonds. The van der Waals surface area contributed by atoms with Crippen LogP contribution >= 0.6 is 0 Å². The van der Waals surface area contributed by atoms with Gasteiger partial charge in [0.1, 0.15) is 11.5 Å². The van der Waals surface area contributed by atoms with Crippen molar-refractivity contribution in [2.24, 2.45) is 0 Å². The predicted octanol–water partition coefficient (Wildman–Crippen LogP) is 5.42. The summed E-state index contributed by atoms with van der Waals surface area (Å²) in [7, 11) is 1.57. The lowest BCUT2D eigenvalue weighted by molar-refractivity contribution is -0.140. The summed E-state index contributed by atoms with van der Waals surface area (Å²) < 4.78 is 5.49. The van der Waals surface area contributed by atoms with Crippen molar-refractivity contribution in [3.63, 3.8) is 0 Å². The van der Waals surface area contributed by atoms with E-state index < -0.39 is 17.7 Å². The second kappa shape index (κ2) is 8.80. The van der Waals surface area contributed by atoms with Gasteiger partial charge in [-0.05, 0) is 43.2 Å². The average Bonchev–Trinajstić information content (AvgIpc) is 3.40. The van der Waals surface area contributed by atoms with Gasteiger partial charge in [0.05, 0.1) is 25.3 Å². The van der Waals surface area contributed by atoms with Crippen molar-refractivity contribution in [3.8, 4) is 5.75 Å². The number of aromatic nitrogens is 1. The molecule has 0 saturated carbocycles. The Hall–Kier alpha value is -4.32. The number of H-pyrrole nitrogens is 1. The van der Waals surface area contributed by atoms with Crippen LogP contribution in [0.3, 0.4) is 0 Å². The summed E-state index contributed by atoms with van der Waals surface area (Å²) in [6.45, 7) is 4.09. The lowest BCUT2D eigenvalue weighted by atomic mass is 9.94.